The van der Waals surface area contributed by atoms with Gasteiger partial charge < -0.3 is 4.42 Å². The summed E-state index contributed by atoms with van der Waals surface area (Å²) in [4.78, 5) is 0. The maximum atomic E-state index is 5.98. The van der Waals surface area contributed by atoms with Crippen LogP contribution in [0.15, 0.2) is 28.7 Å². The highest BCUT2D eigenvalue weighted by Gasteiger charge is 2.16. The van der Waals surface area contributed by atoms with Crippen LogP contribution < -0.4 is 11.3 Å². The molecular formula is C14H19ClN2OS. The molecule has 3 nitrogen and oxygen atoms in total. The van der Waals surface area contributed by atoms with Gasteiger partial charge in [-0.2, -0.15) is 11.8 Å². The van der Waals surface area contributed by atoms with E-state index in [2.05, 4.69) is 19.3 Å². The largest absolute Gasteiger partial charge is 0.459 e. The maximum Gasteiger partial charge on any atom is 0.134 e. The first-order chi connectivity index (χ1) is 9.13. The Morgan fingerprint density at radius 3 is 2.89 bits per heavy atom. The summed E-state index contributed by atoms with van der Waals surface area (Å²) in [5.74, 6) is 7.38. The molecule has 2 aromatic rings. The zero-order chi connectivity index (χ0) is 13.8. The highest BCUT2D eigenvalue weighted by molar-refractivity contribution is 7.99. The summed E-state index contributed by atoms with van der Waals surface area (Å²) in [5, 5.41) is 2.34. The van der Waals surface area contributed by atoms with Gasteiger partial charge in [0.1, 0.15) is 11.3 Å². The third kappa shape index (κ3) is 3.66. The van der Waals surface area contributed by atoms with Gasteiger partial charge in [0.2, 0.25) is 0 Å². The van der Waals surface area contributed by atoms with Crippen molar-refractivity contribution in [3.05, 3.63) is 35.0 Å². The number of hydrogen-bond donors (Lipinski definition) is 2. The van der Waals surface area contributed by atoms with Crippen molar-refractivity contribution < 1.29 is 4.42 Å². The summed E-state index contributed by atoms with van der Waals surface area (Å²) in [6.07, 6.45) is 1.15. The summed E-state index contributed by atoms with van der Waals surface area (Å²) in [6.45, 7) is 4.41. The van der Waals surface area contributed by atoms with E-state index in [1.165, 1.54) is 0 Å². The molecule has 1 aromatic carbocycles. The van der Waals surface area contributed by atoms with Gasteiger partial charge in [0.15, 0.2) is 0 Å². The molecule has 0 fully saturated rings. The molecule has 19 heavy (non-hydrogen) atoms. The quantitative estimate of drug-likeness (QED) is 0.622. The van der Waals surface area contributed by atoms with Crippen LogP contribution in [-0.2, 0) is 0 Å². The molecule has 0 saturated heterocycles. The molecule has 2 rings (SSSR count). The first kappa shape index (κ1) is 14.7. The number of fused-ring (bicyclic) bond motifs is 1. The molecule has 3 N–H and O–H groups in total. The molecule has 0 bridgehead atoms. The van der Waals surface area contributed by atoms with Gasteiger partial charge in [-0.15, -0.1) is 0 Å². The Labute approximate surface area is 122 Å². The number of rotatable bonds is 6. The van der Waals surface area contributed by atoms with Gasteiger partial charge >= 0.3 is 0 Å². The Kier molecular flexibility index (Phi) is 5.16. The first-order valence-corrected chi connectivity index (χ1v) is 7.83. The molecule has 1 aromatic heterocycles. The van der Waals surface area contributed by atoms with Crippen LogP contribution >= 0.6 is 23.4 Å². The van der Waals surface area contributed by atoms with Crippen molar-refractivity contribution in [2.45, 2.75) is 31.6 Å². The molecule has 0 aliphatic rings. The number of thioether (sulfide) groups is 1. The predicted molar refractivity (Wildman–Crippen MR) is 83.5 cm³/mol. The Morgan fingerprint density at radius 1 is 1.42 bits per heavy atom. The fraction of sp³-hybridized carbons (Fsp3) is 0.429. The van der Waals surface area contributed by atoms with Crippen LogP contribution in [0.2, 0.25) is 5.02 Å². The van der Waals surface area contributed by atoms with Crippen LogP contribution in [0.4, 0.5) is 0 Å². The Balaban J connectivity index is 2.16. The lowest BCUT2D eigenvalue weighted by Gasteiger charge is -2.15. The number of furan rings is 1. The van der Waals surface area contributed by atoms with Gasteiger partial charge in [0, 0.05) is 21.4 Å². The normalized spacial score (nSPS) is 14.7. The lowest BCUT2D eigenvalue weighted by molar-refractivity contribution is 0.463. The second-order valence-corrected chi connectivity index (χ2v) is 6.51. The molecule has 0 saturated carbocycles. The average Bonchev–Trinajstić information content (AvgIpc) is 2.81. The van der Waals surface area contributed by atoms with Crippen molar-refractivity contribution in [2.75, 3.05) is 5.75 Å². The van der Waals surface area contributed by atoms with E-state index in [0.29, 0.717) is 10.3 Å². The highest BCUT2D eigenvalue weighted by atomic mass is 35.5. The minimum absolute atomic E-state index is 0.0187. The molecule has 0 amide bonds. The van der Waals surface area contributed by atoms with Crippen molar-refractivity contribution in [3.8, 4) is 0 Å². The molecule has 1 heterocycles. The zero-order valence-electron chi connectivity index (χ0n) is 11.2. The van der Waals surface area contributed by atoms with E-state index >= 15 is 0 Å². The second-order valence-electron chi connectivity index (χ2n) is 4.60. The van der Waals surface area contributed by atoms with E-state index in [9.17, 15) is 0 Å². The standard InChI is InChI=1S/C14H19ClN2OS/c1-3-9(2)19-8-12(17-16)14-7-10-6-11(15)4-5-13(10)18-14/h4-7,9,12,17H,3,8,16H2,1-2H3. The summed E-state index contributed by atoms with van der Waals surface area (Å²) < 4.78 is 5.83. The molecule has 2 atom stereocenters. The third-order valence-corrected chi connectivity index (χ3v) is 4.83. The van der Waals surface area contributed by atoms with Crippen molar-refractivity contribution >= 4 is 34.3 Å². The van der Waals surface area contributed by atoms with Crippen molar-refractivity contribution in [1.82, 2.24) is 5.43 Å². The van der Waals surface area contributed by atoms with E-state index < -0.39 is 0 Å². The predicted octanol–water partition coefficient (Wildman–Crippen LogP) is 4.12. The minimum atomic E-state index is 0.0187. The molecule has 0 spiro atoms. The maximum absolute atomic E-state index is 5.98. The van der Waals surface area contributed by atoms with Gasteiger partial charge in [-0.3, -0.25) is 5.84 Å². The molecule has 0 radical (unpaired) electrons. The molecule has 0 aliphatic heterocycles. The van der Waals surface area contributed by atoms with Crippen LogP contribution in [0.5, 0.6) is 0 Å². The average molecular weight is 299 g/mol. The highest BCUT2D eigenvalue weighted by Crippen LogP contribution is 2.29. The lowest BCUT2D eigenvalue weighted by Crippen LogP contribution is -2.29. The van der Waals surface area contributed by atoms with E-state index in [-0.39, 0.29) is 6.04 Å². The van der Waals surface area contributed by atoms with Crippen LogP contribution in [0, 0.1) is 0 Å². The summed E-state index contributed by atoms with van der Waals surface area (Å²) in [5.41, 5.74) is 3.67. The van der Waals surface area contributed by atoms with Crippen LogP contribution in [-0.4, -0.2) is 11.0 Å². The monoisotopic (exact) mass is 298 g/mol. The van der Waals surface area contributed by atoms with E-state index in [1.807, 2.05) is 36.0 Å². The number of benzene rings is 1. The number of halogens is 1. The van der Waals surface area contributed by atoms with Crippen molar-refractivity contribution in [1.29, 1.82) is 0 Å². The lowest BCUT2D eigenvalue weighted by atomic mass is 10.2. The van der Waals surface area contributed by atoms with E-state index in [4.69, 9.17) is 21.9 Å². The van der Waals surface area contributed by atoms with Gasteiger partial charge in [-0.1, -0.05) is 25.4 Å². The van der Waals surface area contributed by atoms with Gasteiger partial charge in [-0.05, 0) is 30.7 Å². The first-order valence-electron chi connectivity index (χ1n) is 6.40. The zero-order valence-corrected chi connectivity index (χ0v) is 12.7. The molecule has 2 unspecified atom stereocenters. The van der Waals surface area contributed by atoms with Gasteiger partial charge in [-0.25, -0.2) is 5.43 Å². The molecule has 5 heteroatoms. The van der Waals surface area contributed by atoms with Crippen molar-refractivity contribution in [3.63, 3.8) is 0 Å². The smallest absolute Gasteiger partial charge is 0.134 e. The fourth-order valence-electron chi connectivity index (χ4n) is 1.80. The third-order valence-electron chi connectivity index (χ3n) is 3.16. The summed E-state index contributed by atoms with van der Waals surface area (Å²) in [7, 11) is 0. The van der Waals surface area contributed by atoms with Crippen LogP contribution in [0.3, 0.4) is 0 Å². The topological polar surface area (TPSA) is 51.2 Å². The molecule has 104 valence electrons. The van der Waals surface area contributed by atoms with Crippen molar-refractivity contribution in [2.24, 2.45) is 5.84 Å². The van der Waals surface area contributed by atoms with Crippen LogP contribution in [0.25, 0.3) is 11.0 Å². The SMILES string of the molecule is CCC(C)SCC(NN)c1cc2cc(Cl)ccc2o1. The summed E-state index contributed by atoms with van der Waals surface area (Å²) >= 11 is 7.87. The number of nitrogens with one attached hydrogen (secondary N) is 1. The number of nitrogens with two attached hydrogens (primary N) is 1. The summed E-state index contributed by atoms with van der Waals surface area (Å²) in [6, 6.07) is 7.64. The van der Waals surface area contributed by atoms with E-state index in [1.54, 1.807) is 0 Å². The van der Waals surface area contributed by atoms with Gasteiger partial charge in [0.05, 0.1) is 6.04 Å². The van der Waals surface area contributed by atoms with Gasteiger partial charge in [0.25, 0.3) is 0 Å². The second kappa shape index (κ2) is 6.66. The van der Waals surface area contributed by atoms with E-state index in [0.717, 1.165) is 28.9 Å². The Hall–Kier alpha value is -0.680. The molecule has 0 aliphatic carbocycles. The fourth-order valence-corrected chi connectivity index (χ4v) is 2.99. The minimum Gasteiger partial charge on any atom is -0.459 e. The number of hydrazine groups is 1. The Morgan fingerprint density at radius 2 is 2.21 bits per heavy atom. The Bertz CT molecular complexity index is 543. The van der Waals surface area contributed by atoms with Crippen LogP contribution in [0.1, 0.15) is 32.1 Å². The number of hydrogen-bond acceptors (Lipinski definition) is 4. The molecular weight excluding hydrogens is 280 g/mol.